The molecule has 0 aliphatic carbocycles. The molecule has 2 aromatic carbocycles. The van der Waals surface area contributed by atoms with E-state index < -0.39 is 15.7 Å². The number of nitro groups is 1. The summed E-state index contributed by atoms with van der Waals surface area (Å²) in [6.45, 7) is 1.82. The third-order valence-electron chi connectivity index (χ3n) is 3.02. The first-order valence-electron chi connectivity index (χ1n) is 6.20. The van der Waals surface area contributed by atoms with E-state index in [0.29, 0.717) is 10.5 Å². The number of hydrogen-bond donors (Lipinski definition) is 0. The molecule has 5 nitrogen and oxygen atoms in total. The van der Waals surface area contributed by atoms with E-state index in [1.54, 1.807) is 12.1 Å². The van der Waals surface area contributed by atoms with Crippen LogP contribution in [0.1, 0.15) is 15.9 Å². The number of non-ortho nitro benzene ring substituents is 1. The molecule has 0 bridgehead atoms. The minimum atomic E-state index is -1.52. The van der Waals surface area contributed by atoms with Gasteiger partial charge in [0, 0.05) is 22.6 Å². The number of carbonyl (C=O) groups is 1. The number of carbonyl (C=O) groups excluding carboxylic acids is 1. The Bertz CT molecular complexity index is 710. The molecule has 0 heterocycles. The number of nitrogens with zero attached hydrogens (tertiary/aromatic N) is 1. The van der Waals surface area contributed by atoms with E-state index >= 15 is 0 Å². The van der Waals surface area contributed by atoms with Crippen molar-refractivity contribution in [3.05, 3.63) is 69.8 Å². The molecule has 1 unspecified atom stereocenters. The summed E-state index contributed by atoms with van der Waals surface area (Å²) in [4.78, 5) is 22.6. The quantitative estimate of drug-likeness (QED) is 0.483. The average molecular weight is 303 g/mol. The molecule has 0 N–H and O–H groups in total. The van der Waals surface area contributed by atoms with Gasteiger partial charge in [0.2, 0.25) is 0 Å². The maximum atomic E-state index is 12.1. The molecule has 0 aromatic heterocycles. The second-order valence-corrected chi connectivity index (χ2v) is 5.93. The summed E-state index contributed by atoms with van der Waals surface area (Å²) in [5.41, 5.74) is 1.32. The maximum absolute atomic E-state index is 12.1. The van der Waals surface area contributed by atoms with Crippen LogP contribution < -0.4 is 0 Å². The van der Waals surface area contributed by atoms with E-state index in [2.05, 4.69) is 0 Å². The topological polar surface area (TPSA) is 77.3 Å². The Labute approximate surface area is 124 Å². The summed E-state index contributed by atoms with van der Waals surface area (Å²) < 4.78 is 12.1. The van der Waals surface area contributed by atoms with Gasteiger partial charge in [-0.1, -0.05) is 24.3 Å². The fourth-order valence-electron chi connectivity index (χ4n) is 1.89. The zero-order chi connectivity index (χ0) is 15.4. The van der Waals surface area contributed by atoms with Gasteiger partial charge in [0.15, 0.2) is 5.78 Å². The lowest BCUT2D eigenvalue weighted by Crippen LogP contribution is -2.12. The summed E-state index contributed by atoms with van der Waals surface area (Å²) in [6.07, 6.45) is 0. The Kier molecular flexibility index (Phi) is 4.59. The van der Waals surface area contributed by atoms with Gasteiger partial charge in [-0.05, 0) is 24.6 Å². The first-order valence-corrected chi connectivity index (χ1v) is 7.52. The van der Waals surface area contributed by atoms with E-state index in [9.17, 15) is 19.1 Å². The lowest BCUT2D eigenvalue weighted by molar-refractivity contribution is -0.384. The third kappa shape index (κ3) is 3.61. The summed E-state index contributed by atoms with van der Waals surface area (Å²) in [7, 11) is -1.52. The summed E-state index contributed by atoms with van der Waals surface area (Å²) >= 11 is 0. The van der Waals surface area contributed by atoms with Crippen molar-refractivity contribution in [1.82, 2.24) is 0 Å². The Morgan fingerprint density at radius 2 is 1.76 bits per heavy atom. The maximum Gasteiger partial charge on any atom is 0.269 e. The molecule has 0 saturated carbocycles. The number of nitro benzene ring substituents is 1. The largest absolute Gasteiger partial charge is 0.293 e. The van der Waals surface area contributed by atoms with E-state index in [-0.39, 0.29) is 17.2 Å². The van der Waals surface area contributed by atoms with Crippen molar-refractivity contribution in [2.24, 2.45) is 0 Å². The highest BCUT2D eigenvalue weighted by Gasteiger charge is 2.15. The van der Waals surface area contributed by atoms with Crippen LogP contribution in [-0.4, -0.2) is 20.7 Å². The molecule has 2 aromatic rings. The van der Waals surface area contributed by atoms with Gasteiger partial charge in [0.1, 0.15) is 0 Å². The van der Waals surface area contributed by atoms with Crippen LogP contribution >= 0.6 is 0 Å². The predicted molar refractivity (Wildman–Crippen MR) is 79.9 cm³/mol. The second-order valence-electron chi connectivity index (χ2n) is 4.48. The Morgan fingerprint density at radius 1 is 1.14 bits per heavy atom. The predicted octanol–water partition coefficient (Wildman–Crippen LogP) is 2.89. The first-order chi connectivity index (χ1) is 9.99. The molecule has 0 fully saturated rings. The van der Waals surface area contributed by atoms with Gasteiger partial charge in [-0.15, -0.1) is 0 Å². The molecule has 0 saturated heterocycles. The van der Waals surface area contributed by atoms with Crippen LogP contribution in [0.25, 0.3) is 0 Å². The first kappa shape index (κ1) is 15.1. The van der Waals surface area contributed by atoms with Crippen molar-refractivity contribution in [2.75, 3.05) is 5.75 Å². The zero-order valence-corrected chi connectivity index (χ0v) is 12.1. The second kappa shape index (κ2) is 6.41. The van der Waals surface area contributed by atoms with Crippen LogP contribution in [0.4, 0.5) is 5.69 Å². The van der Waals surface area contributed by atoms with Gasteiger partial charge in [-0.3, -0.25) is 19.1 Å². The molecule has 108 valence electrons. The Hall–Kier alpha value is -2.34. The molecule has 0 radical (unpaired) electrons. The van der Waals surface area contributed by atoms with Crippen molar-refractivity contribution in [3.8, 4) is 0 Å². The fraction of sp³-hybridized carbons (Fsp3) is 0.133. The molecule has 6 heteroatoms. The minimum absolute atomic E-state index is 0.0685. The molecule has 2 rings (SSSR count). The number of aryl methyl sites for hydroxylation is 1. The van der Waals surface area contributed by atoms with Crippen LogP contribution in [0.3, 0.4) is 0 Å². The number of hydrogen-bond acceptors (Lipinski definition) is 4. The standard InChI is InChI=1S/C15H13NO4S/c1-11-4-2-3-5-14(11)15(17)10-21(20)13-8-6-12(7-9-13)16(18)19/h2-9H,10H2,1H3. The van der Waals surface area contributed by atoms with Gasteiger partial charge in [-0.2, -0.15) is 0 Å². The van der Waals surface area contributed by atoms with Gasteiger partial charge in [0.25, 0.3) is 5.69 Å². The van der Waals surface area contributed by atoms with Crippen LogP contribution in [0.2, 0.25) is 0 Å². The minimum Gasteiger partial charge on any atom is -0.293 e. The van der Waals surface area contributed by atoms with Gasteiger partial charge < -0.3 is 0 Å². The van der Waals surface area contributed by atoms with Crippen molar-refractivity contribution < 1.29 is 13.9 Å². The molecular weight excluding hydrogens is 290 g/mol. The normalized spacial score (nSPS) is 11.9. The smallest absolute Gasteiger partial charge is 0.269 e. The zero-order valence-electron chi connectivity index (χ0n) is 11.3. The average Bonchev–Trinajstić information content (AvgIpc) is 2.47. The van der Waals surface area contributed by atoms with Gasteiger partial charge in [-0.25, -0.2) is 0 Å². The van der Waals surface area contributed by atoms with Crippen LogP contribution in [-0.2, 0) is 10.8 Å². The lowest BCUT2D eigenvalue weighted by Gasteiger charge is -2.05. The molecule has 1 atom stereocenters. The van der Waals surface area contributed by atoms with Crippen molar-refractivity contribution in [3.63, 3.8) is 0 Å². The van der Waals surface area contributed by atoms with Gasteiger partial charge >= 0.3 is 0 Å². The molecular formula is C15H13NO4S. The van der Waals surface area contributed by atoms with E-state index in [1.165, 1.54) is 24.3 Å². The van der Waals surface area contributed by atoms with Crippen LogP contribution in [0.15, 0.2) is 53.4 Å². The van der Waals surface area contributed by atoms with E-state index in [0.717, 1.165) is 5.56 Å². The van der Waals surface area contributed by atoms with Gasteiger partial charge in [0.05, 0.1) is 21.5 Å². The molecule has 0 amide bonds. The number of benzene rings is 2. The summed E-state index contributed by atoms with van der Waals surface area (Å²) in [5.74, 6) is -0.340. The molecule has 0 spiro atoms. The van der Waals surface area contributed by atoms with Crippen LogP contribution in [0, 0.1) is 17.0 Å². The molecule has 0 aliphatic heterocycles. The van der Waals surface area contributed by atoms with Crippen molar-refractivity contribution in [2.45, 2.75) is 11.8 Å². The highest BCUT2D eigenvalue weighted by Crippen LogP contribution is 2.16. The summed E-state index contributed by atoms with van der Waals surface area (Å²) in [5, 5.41) is 10.6. The number of ketones is 1. The monoisotopic (exact) mass is 303 g/mol. The Balaban J connectivity index is 2.13. The SMILES string of the molecule is Cc1ccccc1C(=O)CS(=O)c1ccc([N+](=O)[O-])cc1. The number of Topliss-reactive ketones (excluding diaryl/α,β-unsaturated/α-hetero) is 1. The summed E-state index contributed by atoms with van der Waals surface area (Å²) in [6, 6.07) is 12.5. The van der Waals surface area contributed by atoms with Crippen molar-refractivity contribution in [1.29, 1.82) is 0 Å². The van der Waals surface area contributed by atoms with E-state index in [1.807, 2.05) is 19.1 Å². The highest BCUT2D eigenvalue weighted by molar-refractivity contribution is 7.85. The van der Waals surface area contributed by atoms with Crippen molar-refractivity contribution >= 4 is 22.3 Å². The van der Waals surface area contributed by atoms with Crippen LogP contribution in [0.5, 0.6) is 0 Å². The highest BCUT2D eigenvalue weighted by atomic mass is 32.2. The molecule has 21 heavy (non-hydrogen) atoms. The number of rotatable bonds is 5. The lowest BCUT2D eigenvalue weighted by atomic mass is 10.1. The fourth-order valence-corrected chi connectivity index (χ4v) is 2.89. The Morgan fingerprint density at radius 3 is 2.33 bits per heavy atom. The van der Waals surface area contributed by atoms with E-state index in [4.69, 9.17) is 0 Å². The molecule has 0 aliphatic rings. The third-order valence-corrected chi connectivity index (χ3v) is 4.34.